The van der Waals surface area contributed by atoms with Crippen molar-refractivity contribution in [2.45, 2.75) is 6.92 Å². The van der Waals surface area contributed by atoms with Crippen LogP contribution >= 0.6 is 11.3 Å². The standard InChI is InChI=1S/C9H10N2S/c1-7-6-12-9(11-7)8-3-2-4-10-5-8/h2-4,6,10H,5H2,1H3. The normalized spacial score (nSPS) is 15.6. The van der Waals surface area contributed by atoms with Gasteiger partial charge in [-0.2, -0.15) is 0 Å². The van der Waals surface area contributed by atoms with Gasteiger partial charge < -0.3 is 5.32 Å². The number of dihydropyridines is 1. The average molecular weight is 178 g/mol. The van der Waals surface area contributed by atoms with E-state index in [2.05, 4.69) is 21.8 Å². The van der Waals surface area contributed by atoms with Gasteiger partial charge in [-0.1, -0.05) is 6.08 Å². The van der Waals surface area contributed by atoms with Gasteiger partial charge in [0.15, 0.2) is 0 Å². The van der Waals surface area contributed by atoms with Gasteiger partial charge in [0.05, 0.1) is 0 Å². The highest BCUT2D eigenvalue weighted by Crippen LogP contribution is 2.19. The molecule has 0 spiro atoms. The van der Waals surface area contributed by atoms with E-state index in [1.807, 2.05) is 19.2 Å². The van der Waals surface area contributed by atoms with Crippen LogP contribution in [0.15, 0.2) is 23.7 Å². The Hall–Kier alpha value is -1.09. The summed E-state index contributed by atoms with van der Waals surface area (Å²) in [6.07, 6.45) is 6.06. The summed E-state index contributed by atoms with van der Waals surface area (Å²) in [6.45, 7) is 2.91. The van der Waals surface area contributed by atoms with Gasteiger partial charge in [0, 0.05) is 23.2 Å². The number of hydrogen-bond acceptors (Lipinski definition) is 3. The summed E-state index contributed by atoms with van der Waals surface area (Å²) in [4.78, 5) is 4.41. The van der Waals surface area contributed by atoms with Crippen molar-refractivity contribution in [2.75, 3.05) is 6.54 Å². The fraction of sp³-hybridized carbons (Fsp3) is 0.222. The minimum Gasteiger partial charge on any atom is -0.387 e. The maximum atomic E-state index is 4.41. The van der Waals surface area contributed by atoms with Gasteiger partial charge in [-0.3, -0.25) is 0 Å². The molecule has 0 radical (unpaired) electrons. The molecule has 12 heavy (non-hydrogen) atoms. The van der Waals surface area contributed by atoms with Gasteiger partial charge in [-0.15, -0.1) is 11.3 Å². The first-order valence-corrected chi connectivity index (χ1v) is 4.76. The van der Waals surface area contributed by atoms with E-state index in [1.165, 1.54) is 5.57 Å². The zero-order valence-electron chi connectivity index (χ0n) is 6.87. The molecule has 2 heterocycles. The molecule has 0 amide bonds. The van der Waals surface area contributed by atoms with Crippen molar-refractivity contribution in [1.29, 1.82) is 0 Å². The summed E-state index contributed by atoms with van der Waals surface area (Å²) in [5.41, 5.74) is 2.38. The van der Waals surface area contributed by atoms with Gasteiger partial charge in [0.25, 0.3) is 0 Å². The van der Waals surface area contributed by atoms with Crippen molar-refractivity contribution in [3.05, 3.63) is 34.4 Å². The summed E-state index contributed by atoms with van der Waals surface area (Å²) in [5, 5.41) is 6.37. The maximum Gasteiger partial charge on any atom is 0.121 e. The Morgan fingerprint density at radius 2 is 2.50 bits per heavy atom. The molecule has 0 aliphatic carbocycles. The van der Waals surface area contributed by atoms with Gasteiger partial charge >= 0.3 is 0 Å². The van der Waals surface area contributed by atoms with Crippen molar-refractivity contribution in [2.24, 2.45) is 0 Å². The second kappa shape index (κ2) is 3.11. The van der Waals surface area contributed by atoms with Crippen LogP contribution in [0.25, 0.3) is 5.57 Å². The predicted octanol–water partition coefficient (Wildman–Crippen LogP) is 1.95. The van der Waals surface area contributed by atoms with Crippen LogP contribution in [0, 0.1) is 6.92 Å². The number of aryl methyl sites for hydroxylation is 1. The number of nitrogens with zero attached hydrogens (tertiary/aromatic N) is 1. The lowest BCUT2D eigenvalue weighted by Gasteiger charge is -2.06. The lowest BCUT2D eigenvalue weighted by molar-refractivity contribution is 0.982. The molecular formula is C9H10N2S. The highest BCUT2D eigenvalue weighted by molar-refractivity contribution is 7.10. The van der Waals surface area contributed by atoms with Crippen molar-refractivity contribution in [3.8, 4) is 0 Å². The zero-order chi connectivity index (χ0) is 8.39. The Balaban J connectivity index is 2.30. The summed E-state index contributed by atoms with van der Waals surface area (Å²) in [6, 6.07) is 0. The second-order valence-electron chi connectivity index (χ2n) is 2.73. The lowest BCUT2D eigenvalue weighted by atomic mass is 10.2. The van der Waals surface area contributed by atoms with E-state index in [1.54, 1.807) is 11.3 Å². The largest absolute Gasteiger partial charge is 0.387 e. The van der Waals surface area contributed by atoms with Crippen molar-refractivity contribution in [1.82, 2.24) is 10.3 Å². The van der Waals surface area contributed by atoms with E-state index >= 15 is 0 Å². The predicted molar refractivity (Wildman–Crippen MR) is 52.0 cm³/mol. The topological polar surface area (TPSA) is 24.9 Å². The SMILES string of the molecule is Cc1csc(C2=CC=CNC2)n1. The van der Waals surface area contributed by atoms with E-state index in [0.717, 1.165) is 17.2 Å². The molecule has 0 saturated heterocycles. The lowest BCUT2D eigenvalue weighted by Crippen LogP contribution is -2.11. The zero-order valence-corrected chi connectivity index (χ0v) is 7.69. The molecule has 3 heteroatoms. The molecule has 1 aliphatic heterocycles. The van der Waals surface area contributed by atoms with E-state index < -0.39 is 0 Å². The molecule has 0 fully saturated rings. The smallest absolute Gasteiger partial charge is 0.121 e. The molecule has 1 aliphatic rings. The Morgan fingerprint density at radius 1 is 1.58 bits per heavy atom. The molecule has 0 unspecified atom stereocenters. The summed E-state index contributed by atoms with van der Waals surface area (Å²) < 4.78 is 0. The maximum absolute atomic E-state index is 4.41. The Bertz CT molecular complexity index is 336. The first kappa shape index (κ1) is 7.55. The van der Waals surface area contributed by atoms with Crippen LogP contribution in [-0.2, 0) is 0 Å². The molecule has 2 nitrogen and oxygen atoms in total. The quantitative estimate of drug-likeness (QED) is 0.711. The molecular weight excluding hydrogens is 168 g/mol. The van der Waals surface area contributed by atoms with Crippen LogP contribution < -0.4 is 5.32 Å². The number of rotatable bonds is 1. The van der Waals surface area contributed by atoms with E-state index in [4.69, 9.17) is 0 Å². The van der Waals surface area contributed by atoms with Gasteiger partial charge in [0.1, 0.15) is 5.01 Å². The Kier molecular flexibility index (Phi) is 1.96. The molecule has 2 rings (SSSR count). The molecule has 0 saturated carbocycles. The van der Waals surface area contributed by atoms with Crippen LogP contribution in [0.2, 0.25) is 0 Å². The minimum absolute atomic E-state index is 0.892. The number of hydrogen-bond donors (Lipinski definition) is 1. The Labute approximate surface area is 75.6 Å². The number of aromatic nitrogens is 1. The third-order valence-electron chi connectivity index (χ3n) is 1.70. The highest BCUT2D eigenvalue weighted by atomic mass is 32.1. The molecule has 0 aromatic carbocycles. The van der Waals surface area contributed by atoms with Crippen molar-refractivity contribution in [3.63, 3.8) is 0 Å². The van der Waals surface area contributed by atoms with Crippen LogP contribution in [0.4, 0.5) is 0 Å². The molecule has 1 aromatic rings. The first-order chi connectivity index (χ1) is 5.86. The third-order valence-corrected chi connectivity index (χ3v) is 2.73. The van der Waals surface area contributed by atoms with E-state index in [0.29, 0.717) is 0 Å². The third kappa shape index (κ3) is 1.41. The summed E-state index contributed by atoms with van der Waals surface area (Å²) in [5.74, 6) is 0. The minimum atomic E-state index is 0.892. The molecule has 1 N–H and O–H groups in total. The first-order valence-electron chi connectivity index (χ1n) is 3.88. The second-order valence-corrected chi connectivity index (χ2v) is 3.58. The van der Waals surface area contributed by atoms with Gasteiger partial charge in [-0.05, 0) is 19.2 Å². The van der Waals surface area contributed by atoms with Gasteiger partial charge in [0.2, 0.25) is 0 Å². The van der Waals surface area contributed by atoms with E-state index in [9.17, 15) is 0 Å². The average Bonchev–Trinajstić information content (AvgIpc) is 2.54. The fourth-order valence-corrected chi connectivity index (χ4v) is 1.93. The fourth-order valence-electron chi connectivity index (χ4n) is 1.11. The number of thiazole rings is 1. The van der Waals surface area contributed by atoms with Crippen LogP contribution in [0.1, 0.15) is 10.7 Å². The van der Waals surface area contributed by atoms with E-state index in [-0.39, 0.29) is 0 Å². The molecule has 62 valence electrons. The number of nitrogens with one attached hydrogen (secondary N) is 1. The van der Waals surface area contributed by atoms with Crippen LogP contribution in [-0.4, -0.2) is 11.5 Å². The number of allylic oxidation sites excluding steroid dienone is 2. The highest BCUT2D eigenvalue weighted by Gasteiger charge is 2.05. The van der Waals surface area contributed by atoms with Crippen molar-refractivity contribution >= 4 is 16.9 Å². The molecule has 0 bridgehead atoms. The van der Waals surface area contributed by atoms with Crippen LogP contribution in [0.5, 0.6) is 0 Å². The monoisotopic (exact) mass is 178 g/mol. The van der Waals surface area contributed by atoms with Crippen LogP contribution in [0.3, 0.4) is 0 Å². The van der Waals surface area contributed by atoms with Gasteiger partial charge in [-0.25, -0.2) is 4.98 Å². The molecule has 1 aromatic heterocycles. The Morgan fingerprint density at radius 3 is 3.08 bits per heavy atom. The molecule has 0 atom stereocenters. The summed E-state index contributed by atoms with van der Waals surface area (Å²) in [7, 11) is 0. The summed E-state index contributed by atoms with van der Waals surface area (Å²) >= 11 is 1.70. The van der Waals surface area contributed by atoms with Crippen molar-refractivity contribution < 1.29 is 0 Å².